The van der Waals surface area contributed by atoms with Gasteiger partial charge in [0.2, 0.25) is 21.8 Å². The number of ether oxygens (including phenoxy) is 1. The lowest BCUT2D eigenvalue weighted by Crippen LogP contribution is -2.56. The molecule has 0 saturated carbocycles. The van der Waals surface area contributed by atoms with E-state index >= 15 is 0 Å². The van der Waals surface area contributed by atoms with Crippen LogP contribution in [0.25, 0.3) is 0 Å². The number of amides is 2. The van der Waals surface area contributed by atoms with Crippen molar-refractivity contribution in [3.63, 3.8) is 0 Å². The molecule has 214 valence electrons. The van der Waals surface area contributed by atoms with E-state index in [0.29, 0.717) is 5.75 Å². The van der Waals surface area contributed by atoms with Crippen LogP contribution >= 0.6 is 0 Å². The molecule has 10 heteroatoms. The van der Waals surface area contributed by atoms with Crippen molar-refractivity contribution < 1.29 is 27.1 Å². The van der Waals surface area contributed by atoms with E-state index in [9.17, 15) is 22.4 Å². The van der Waals surface area contributed by atoms with Crippen LogP contribution in [-0.2, 0) is 32.6 Å². The molecule has 1 atom stereocenters. The average Bonchev–Trinajstić information content (AvgIpc) is 2.89. The Labute approximate surface area is 235 Å². The van der Waals surface area contributed by atoms with Gasteiger partial charge in [-0.2, -0.15) is 0 Å². The van der Waals surface area contributed by atoms with Gasteiger partial charge in [-0.1, -0.05) is 54.6 Å². The SMILES string of the molecule is COc1cccc(N(CC(=O)N(Cc2ccccc2F)[C@@H](Cc2ccccc2)C(=O)NC(C)(C)C)S(C)(=O)=O)c1. The second-order valence-electron chi connectivity index (χ2n) is 10.5. The Morgan fingerprint density at radius 2 is 1.62 bits per heavy atom. The first-order valence-electron chi connectivity index (χ1n) is 12.8. The third kappa shape index (κ3) is 8.54. The standard InChI is InChI=1S/C30H36FN3O5S/c1-30(2,3)32-29(36)27(18-22-12-7-6-8-13-22)33(20-23-14-9-10-17-26(23)31)28(35)21-34(40(5,37)38)24-15-11-16-25(19-24)39-4/h6-17,19,27H,18,20-21H2,1-5H3,(H,32,36)/t27-/m0/s1. The zero-order chi connectivity index (χ0) is 29.5. The third-order valence-electron chi connectivity index (χ3n) is 6.09. The summed E-state index contributed by atoms with van der Waals surface area (Å²) < 4.78 is 46.7. The molecule has 0 heterocycles. The summed E-state index contributed by atoms with van der Waals surface area (Å²) in [5.41, 5.74) is 0.596. The summed E-state index contributed by atoms with van der Waals surface area (Å²) in [6, 6.07) is 20.4. The summed E-state index contributed by atoms with van der Waals surface area (Å²) in [6.45, 7) is 4.62. The molecule has 0 saturated heterocycles. The summed E-state index contributed by atoms with van der Waals surface area (Å²) in [5.74, 6) is -1.23. The van der Waals surface area contributed by atoms with Gasteiger partial charge in [0.15, 0.2) is 0 Å². The second kappa shape index (κ2) is 13.0. The van der Waals surface area contributed by atoms with Crippen LogP contribution in [0.5, 0.6) is 5.75 Å². The van der Waals surface area contributed by atoms with Gasteiger partial charge in [0, 0.05) is 30.1 Å². The number of hydrogen-bond donors (Lipinski definition) is 1. The lowest BCUT2D eigenvalue weighted by Gasteiger charge is -2.35. The molecule has 40 heavy (non-hydrogen) atoms. The minimum atomic E-state index is -3.93. The van der Waals surface area contributed by atoms with Crippen molar-refractivity contribution in [1.82, 2.24) is 10.2 Å². The third-order valence-corrected chi connectivity index (χ3v) is 7.23. The molecule has 0 aromatic heterocycles. The fourth-order valence-electron chi connectivity index (χ4n) is 4.20. The van der Waals surface area contributed by atoms with Gasteiger partial charge in [0.25, 0.3) is 0 Å². The van der Waals surface area contributed by atoms with Crippen LogP contribution in [0.4, 0.5) is 10.1 Å². The molecule has 0 aliphatic carbocycles. The van der Waals surface area contributed by atoms with E-state index in [-0.39, 0.29) is 24.2 Å². The number of sulfonamides is 1. The molecule has 0 aliphatic heterocycles. The maximum absolute atomic E-state index is 14.8. The normalized spacial score (nSPS) is 12.3. The minimum Gasteiger partial charge on any atom is -0.497 e. The average molecular weight is 570 g/mol. The maximum atomic E-state index is 14.8. The molecule has 3 aromatic carbocycles. The highest BCUT2D eigenvalue weighted by Gasteiger charge is 2.34. The van der Waals surface area contributed by atoms with E-state index in [1.807, 2.05) is 51.1 Å². The number of carbonyl (C=O) groups excluding carboxylic acids is 2. The number of carbonyl (C=O) groups is 2. The fourth-order valence-corrected chi connectivity index (χ4v) is 5.04. The molecule has 0 radical (unpaired) electrons. The van der Waals surface area contributed by atoms with E-state index in [1.165, 1.54) is 36.3 Å². The van der Waals surface area contributed by atoms with Crippen LogP contribution < -0.4 is 14.4 Å². The summed E-state index contributed by atoms with van der Waals surface area (Å²) in [5, 5.41) is 2.93. The van der Waals surface area contributed by atoms with Crippen molar-refractivity contribution in [2.75, 3.05) is 24.2 Å². The lowest BCUT2D eigenvalue weighted by atomic mass is 10.0. The summed E-state index contributed by atoms with van der Waals surface area (Å²) in [7, 11) is -2.48. The summed E-state index contributed by atoms with van der Waals surface area (Å²) in [6.07, 6.45) is 1.13. The first kappa shape index (κ1) is 30.6. The first-order valence-corrected chi connectivity index (χ1v) is 14.6. The molecular formula is C30H36FN3O5S. The van der Waals surface area contributed by atoms with Gasteiger partial charge in [-0.3, -0.25) is 13.9 Å². The van der Waals surface area contributed by atoms with Crippen LogP contribution in [0, 0.1) is 5.82 Å². The molecule has 8 nitrogen and oxygen atoms in total. The number of benzene rings is 3. The Kier molecular flexibility index (Phi) is 9.92. The van der Waals surface area contributed by atoms with Gasteiger partial charge in [0.1, 0.15) is 24.2 Å². The van der Waals surface area contributed by atoms with Gasteiger partial charge >= 0.3 is 0 Å². The zero-order valence-corrected chi connectivity index (χ0v) is 24.2. The summed E-state index contributed by atoms with van der Waals surface area (Å²) >= 11 is 0. The zero-order valence-electron chi connectivity index (χ0n) is 23.4. The van der Waals surface area contributed by atoms with Crippen molar-refractivity contribution in [3.8, 4) is 5.75 Å². The topological polar surface area (TPSA) is 96.0 Å². The highest BCUT2D eigenvalue weighted by atomic mass is 32.2. The minimum absolute atomic E-state index is 0.140. The Bertz CT molecular complexity index is 1420. The number of rotatable bonds is 11. The number of nitrogens with one attached hydrogen (secondary N) is 1. The molecule has 2 amide bonds. The van der Waals surface area contributed by atoms with Gasteiger partial charge in [-0.05, 0) is 44.5 Å². The van der Waals surface area contributed by atoms with Gasteiger partial charge in [-0.15, -0.1) is 0 Å². The van der Waals surface area contributed by atoms with Gasteiger partial charge in [-0.25, -0.2) is 12.8 Å². The predicted molar refractivity (Wildman–Crippen MR) is 154 cm³/mol. The monoisotopic (exact) mass is 569 g/mol. The van der Waals surface area contributed by atoms with Crippen molar-refractivity contribution in [3.05, 3.63) is 95.8 Å². The van der Waals surface area contributed by atoms with Gasteiger partial charge in [0.05, 0.1) is 19.1 Å². The predicted octanol–water partition coefficient (Wildman–Crippen LogP) is 4.16. The van der Waals surface area contributed by atoms with Crippen molar-refractivity contribution >= 4 is 27.5 Å². The van der Waals surface area contributed by atoms with E-state index in [4.69, 9.17) is 4.74 Å². The molecule has 0 spiro atoms. The molecule has 3 aromatic rings. The van der Waals surface area contributed by atoms with E-state index in [1.54, 1.807) is 24.3 Å². The van der Waals surface area contributed by atoms with Crippen LogP contribution in [0.1, 0.15) is 31.9 Å². The van der Waals surface area contributed by atoms with Crippen LogP contribution in [0.15, 0.2) is 78.9 Å². The van der Waals surface area contributed by atoms with E-state index < -0.39 is 45.8 Å². The number of nitrogens with zero attached hydrogens (tertiary/aromatic N) is 2. The smallest absolute Gasteiger partial charge is 0.244 e. The Balaban J connectivity index is 2.09. The molecule has 3 rings (SSSR count). The molecule has 0 fully saturated rings. The van der Waals surface area contributed by atoms with Gasteiger partial charge < -0.3 is 15.0 Å². The van der Waals surface area contributed by atoms with Crippen molar-refractivity contribution in [1.29, 1.82) is 0 Å². The quantitative estimate of drug-likeness (QED) is 0.374. The largest absolute Gasteiger partial charge is 0.497 e. The van der Waals surface area contributed by atoms with Crippen molar-refractivity contribution in [2.24, 2.45) is 0 Å². The number of anilines is 1. The van der Waals surface area contributed by atoms with Crippen LogP contribution in [0.2, 0.25) is 0 Å². The maximum Gasteiger partial charge on any atom is 0.244 e. The lowest BCUT2D eigenvalue weighted by molar-refractivity contribution is -0.140. The molecule has 0 aliphatic rings. The fraction of sp³-hybridized carbons (Fsp3) is 0.333. The highest BCUT2D eigenvalue weighted by molar-refractivity contribution is 7.92. The Hall–Kier alpha value is -3.92. The molecular weight excluding hydrogens is 533 g/mol. The second-order valence-corrected chi connectivity index (χ2v) is 12.4. The molecule has 1 N–H and O–H groups in total. The summed E-state index contributed by atoms with van der Waals surface area (Å²) in [4.78, 5) is 29.0. The van der Waals surface area contributed by atoms with Crippen LogP contribution in [0.3, 0.4) is 0 Å². The number of halogens is 1. The Morgan fingerprint density at radius 1 is 0.975 bits per heavy atom. The number of hydrogen-bond acceptors (Lipinski definition) is 5. The van der Waals surface area contributed by atoms with E-state index in [0.717, 1.165) is 16.1 Å². The molecule has 0 bridgehead atoms. The van der Waals surface area contributed by atoms with E-state index in [2.05, 4.69) is 5.32 Å². The highest BCUT2D eigenvalue weighted by Crippen LogP contribution is 2.24. The molecule has 0 unspecified atom stereocenters. The van der Waals surface area contributed by atoms with Crippen LogP contribution in [-0.4, -0.2) is 56.6 Å². The Morgan fingerprint density at radius 3 is 2.23 bits per heavy atom. The van der Waals surface area contributed by atoms with Crippen molar-refractivity contribution in [2.45, 2.75) is 45.3 Å². The number of methoxy groups -OCH3 is 1. The first-order chi connectivity index (χ1) is 18.8.